The van der Waals surface area contributed by atoms with Gasteiger partial charge < -0.3 is 0 Å². The number of fused-ring (bicyclic) bond motifs is 1. The number of aromatic nitrogens is 2. The third-order valence-corrected chi connectivity index (χ3v) is 3.30. The van der Waals surface area contributed by atoms with Gasteiger partial charge in [0, 0.05) is 18.6 Å². The summed E-state index contributed by atoms with van der Waals surface area (Å²) >= 11 is 0. The van der Waals surface area contributed by atoms with E-state index in [-0.39, 0.29) is 0 Å². The fourth-order valence-corrected chi connectivity index (χ4v) is 2.34. The summed E-state index contributed by atoms with van der Waals surface area (Å²) < 4.78 is 1.87. The molecule has 0 radical (unpaired) electrons. The van der Waals surface area contributed by atoms with Gasteiger partial charge in [0.05, 0.1) is 5.52 Å². The van der Waals surface area contributed by atoms with E-state index in [2.05, 4.69) is 61.5 Å². The Bertz CT molecular complexity index is 706. The minimum Gasteiger partial charge on any atom is -0.275 e. The first kappa shape index (κ1) is 14.3. The van der Waals surface area contributed by atoms with Gasteiger partial charge in [0.15, 0.2) is 0 Å². The van der Waals surface area contributed by atoms with Crippen molar-refractivity contribution in [2.45, 2.75) is 27.7 Å². The van der Waals surface area contributed by atoms with Crippen molar-refractivity contribution in [2.75, 3.05) is 0 Å². The molecule has 3 rings (SSSR count). The second-order valence-corrected chi connectivity index (χ2v) is 4.90. The zero-order valence-corrected chi connectivity index (χ0v) is 12.9. The predicted molar refractivity (Wildman–Crippen MR) is 87.0 cm³/mol. The lowest BCUT2D eigenvalue weighted by atomic mass is 10.0. The third-order valence-electron chi connectivity index (χ3n) is 3.30. The van der Waals surface area contributed by atoms with E-state index in [1.54, 1.807) is 0 Å². The van der Waals surface area contributed by atoms with Crippen LogP contribution in [-0.2, 0) is 7.05 Å². The van der Waals surface area contributed by atoms with E-state index in [4.69, 9.17) is 0 Å². The molecule has 0 aliphatic heterocycles. The lowest BCUT2D eigenvalue weighted by Crippen LogP contribution is -1.86. The van der Waals surface area contributed by atoms with E-state index >= 15 is 0 Å². The van der Waals surface area contributed by atoms with Crippen molar-refractivity contribution in [3.63, 3.8) is 0 Å². The zero-order chi connectivity index (χ0) is 14.7. The monoisotopic (exact) mass is 266 g/mol. The Hall–Kier alpha value is -2.09. The average molecular weight is 266 g/mol. The van der Waals surface area contributed by atoms with Crippen molar-refractivity contribution in [1.82, 2.24) is 9.78 Å². The van der Waals surface area contributed by atoms with Crippen LogP contribution in [0.1, 0.15) is 25.0 Å². The second kappa shape index (κ2) is 5.91. The number of hydrogen-bond acceptors (Lipinski definition) is 1. The Kier molecular flexibility index (Phi) is 4.23. The molecule has 0 fully saturated rings. The van der Waals surface area contributed by atoms with E-state index in [1.807, 2.05) is 25.6 Å². The quantitative estimate of drug-likeness (QED) is 0.613. The van der Waals surface area contributed by atoms with E-state index in [1.165, 1.54) is 27.6 Å². The molecule has 2 nitrogen and oxygen atoms in total. The molecule has 0 saturated carbocycles. The summed E-state index contributed by atoms with van der Waals surface area (Å²) in [6.45, 7) is 8.23. The van der Waals surface area contributed by atoms with E-state index in [9.17, 15) is 0 Å². The van der Waals surface area contributed by atoms with Crippen molar-refractivity contribution in [2.24, 2.45) is 7.05 Å². The summed E-state index contributed by atoms with van der Waals surface area (Å²) in [7, 11) is 1.96. The molecule has 0 saturated heterocycles. The van der Waals surface area contributed by atoms with Gasteiger partial charge in [-0.2, -0.15) is 5.10 Å². The summed E-state index contributed by atoms with van der Waals surface area (Å²) in [4.78, 5) is 0. The van der Waals surface area contributed by atoms with Gasteiger partial charge in [0.1, 0.15) is 0 Å². The van der Waals surface area contributed by atoms with Crippen LogP contribution in [0.2, 0.25) is 0 Å². The van der Waals surface area contributed by atoms with E-state index < -0.39 is 0 Å². The minimum absolute atomic E-state index is 1.09. The van der Waals surface area contributed by atoms with Crippen LogP contribution in [0.15, 0.2) is 42.6 Å². The Balaban J connectivity index is 0.000000704. The van der Waals surface area contributed by atoms with Crippen molar-refractivity contribution in [3.8, 4) is 11.1 Å². The molecular formula is C18H22N2. The maximum atomic E-state index is 4.48. The summed E-state index contributed by atoms with van der Waals surface area (Å²) in [6.07, 6.45) is 2.07. The van der Waals surface area contributed by atoms with Crippen LogP contribution >= 0.6 is 0 Å². The lowest BCUT2D eigenvalue weighted by molar-refractivity contribution is 0.779. The van der Waals surface area contributed by atoms with Gasteiger partial charge in [0.25, 0.3) is 0 Å². The van der Waals surface area contributed by atoms with Crippen LogP contribution in [-0.4, -0.2) is 9.78 Å². The average Bonchev–Trinajstić information content (AvgIpc) is 2.83. The van der Waals surface area contributed by atoms with Crippen molar-refractivity contribution < 1.29 is 0 Å². The summed E-state index contributed by atoms with van der Waals surface area (Å²) in [5.41, 5.74) is 6.12. The second-order valence-electron chi connectivity index (χ2n) is 4.90. The van der Waals surface area contributed by atoms with Crippen LogP contribution in [0.25, 0.3) is 22.0 Å². The molecule has 2 heteroatoms. The Morgan fingerprint density at radius 2 is 1.55 bits per heavy atom. The number of rotatable bonds is 1. The summed E-state index contributed by atoms with van der Waals surface area (Å²) in [5, 5.41) is 5.68. The molecule has 1 aromatic heterocycles. The van der Waals surface area contributed by atoms with Crippen LogP contribution < -0.4 is 0 Å². The highest BCUT2D eigenvalue weighted by Crippen LogP contribution is 2.26. The molecule has 2 aromatic carbocycles. The predicted octanol–water partition coefficient (Wildman–Crippen LogP) is 4.88. The normalized spacial score (nSPS) is 10.2. The molecule has 0 bridgehead atoms. The molecule has 0 N–H and O–H groups in total. The van der Waals surface area contributed by atoms with Gasteiger partial charge in [-0.15, -0.1) is 0 Å². The van der Waals surface area contributed by atoms with E-state index in [0.29, 0.717) is 0 Å². The Morgan fingerprint density at radius 1 is 0.900 bits per heavy atom. The van der Waals surface area contributed by atoms with E-state index in [0.717, 1.165) is 5.52 Å². The molecule has 0 aliphatic carbocycles. The van der Waals surface area contributed by atoms with Crippen molar-refractivity contribution in [3.05, 3.63) is 53.7 Å². The zero-order valence-electron chi connectivity index (χ0n) is 12.9. The van der Waals surface area contributed by atoms with Crippen LogP contribution in [0.3, 0.4) is 0 Å². The molecule has 3 aromatic rings. The molecule has 1 heterocycles. The SMILES string of the molecule is CC.Cc1ccc(-c2cc(C)c3nn(C)cc3c2)cc1. The fraction of sp³-hybridized carbons (Fsp3) is 0.278. The molecule has 104 valence electrons. The summed E-state index contributed by atoms with van der Waals surface area (Å²) in [6, 6.07) is 13.1. The van der Waals surface area contributed by atoms with Gasteiger partial charge in [-0.1, -0.05) is 43.7 Å². The highest BCUT2D eigenvalue weighted by Gasteiger charge is 2.06. The maximum absolute atomic E-state index is 4.48. The minimum atomic E-state index is 1.09. The summed E-state index contributed by atoms with van der Waals surface area (Å²) in [5.74, 6) is 0. The third kappa shape index (κ3) is 2.74. The van der Waals surface area contributed by atoms with Crippen LogP contribution in [0, 0.1) is 13.8 Å². The molecule has 20 heavy (non-hydrogen) atoms. The highest BCUT2D eigenvalue weighted by molar-refractivity contribution is 5.87. The van der Waals surface area contributed by atoms with Gasteiger partial charge in [0.2, 0.25) is 0 Å². The van der Waals surface area contributed by atoms with Gasteiger partial charge in [-0.25, -0.2) is 0 Å². The maximum Gasteiger partial charge on any atom is 0.0952 e. The first-order valence-corrected chi connectivity index (χ1v) is 7.14. The molecule has 0 atom stereocenters. The first-order chi connectivity index (χ1) is 9.63. The number of nitrogens with zero attached hydrogens (tertiary/aromatic N) is 2. The van der Waals surface area contributed by atoms with Gasteiger partial charge >= 0.3 is 0 Å². The molecular weight excluding hydrogens is 244 g/mol. The Morgan fingerprint density at radius 3 is 2.20 bits per heavy atom. The van der Waals surface area contributed by atoms with Crippen LogP contribution in [0.4, 0.5) is 0 Å². The topological polar surface area (TPSA) is 17.8 Å². The van der Waals surface area contributed by atoms with Crippen LogP contribution in [0.5, 0.6) is 0 Å². The number of aryl methyl sites for hydroxylation is 3. The van der Waals surface area contributed by atoms with Gasteiger partial charge in [-0.05, 0) is 42.7 Å². The van der Waals surface area contributed by atoms with Crippen molar-refractivity contribution >= 4 is 10.9 Å². The number of benzene rings is 2. The Labute approximate surface area is 121 Å². The number of hydrogen-bond donors (Lipinski definition) is 0. The molecule has 0 amide bonds. The molecule has 0 aliphatic rings. The van der Waals surface area contributed by atoms with Gasteiger partial charge in [-0.3, -0.25) is 4.68 Å². The molecule has 0 spiro atoms. The fourth-order valence-electron chi connectivity index (χ4n) is 2.34. The lowest BCUT2D eigenvalue weighted by Gasteiger charge is -2.04. The van der Waals surface area contributed by atoms with Crippen molar-refractivity contribution in [1.29, 1.82) is 0 Å². The standard InChI is InChI=1S/C16H16N2.C2H6/c1-11-4-6-13(7-5-11)14-8-12(2)16-15(9-14)10-18(3)17-16;1-2/h4-10H,1-3H3;1-2H3. The highest BCUT2D eigenvalue weighted by atomic mass is 15.2. The smallest absolute Gasteiger partial charge is 0.0952 e. The first-order valence-electron chi connectivity index (χ1n) is 7.14. The molecule has 0 unspecified atom stereocenters. The largest absolute Gasteiger partial charge is 0.275 e.